The summed E-state index contributed by atoms with van der Waals surface area (Å²) in [6.07, 6.45) is 1.52. The first kappa shape index (κ1) is 15.3. The van der Waals surface area contributed by atoms with E-state index in [-0.39, 0.29) is 12.5 Å². The number of hydrogen-bond donors (Lipinski definition) is 1. The van der Waals surface area contributed by atoms with Crippen LogP contribution in [0.4, 0.5) is 0 Å². The molecule has 0 saturated heterocycles. The second kappa shape index (κ2) is 6.14. The van der Waals surface area contributed by atoms with Crippen LogP contribution in [-0.4, -0.2) is 34.6 Å². The molecule has 1 aromatic heterocycles. The fourth-order valence-electron chi connectivity index (χ4n) is 2.26. The molecule has 4 nitrogen and oxygen atoms in total. The third-order valence-corrected chi connectivity index (χ3v) is 3.19. The molecule has 2 aromatic rings. The highest BCUT2D eigenvalue weighted by molar-refractivity contribution is 5.98. The zero-order valence-electron chi connectivity index (χ0n) is 12.7. The molecular formula is C17H21NO3. The fraction of sp³-hybridized carbons (Fsp3) is 0.353. The zero-order valence-corrected chi connectivity index (χ0v) is 12.7. The standard InChI is InChI=1S/C17H21NO3/c1-4-18(12-17(2,3)20)16(19)15-14(10-11-21-15)13-8-6-5-7-9-13/h5-11,20H,4,12H2,1-3H3. The number of carbonyl (C=O) groups excluding carboxylic acids is 1. The minimum atomic E-state index is -0.939. The molecule has 2 rings (SSSR count). The van der Waals surface area contributed by atoms with Crippen molar-refractivity contribution in [3.05, 3.63) is 48.4 Å². The van der Waals surface area contributed by atoms with Crippen molar-refractivity contribution in [2.45, 2.75) is 26.4 Å². The molecule has 4 heteroatoms. The van der Waals surface area contributed by atoms with Gasteiger partial charge in [0.1, 0.15) is 0 Å². The maximum Gasteiger partial charge on any atom is 0.290 e. The van der Waals surface area contributed by atoms with Gasteiger partial charge < -0.3 is 14.4 Å². The lowest BCUT2D eigenvalue weighted by Gasteiger charge is -2.27. The average Bonchev–Trinajstić information content (AvgIpc) is 2.93. The van der Waals surface area contributed by atoms with Gasteiger partial charge in [0, 0.05) is 18.7 Å². The minimum absolute atomic E-state index is 0.205. The normalized spacial score (nSPS) is 11.4. The highest BCUT2D eigenvalue weighted by atomic mass is 16.3. The first-order valence-corrected chi connectivity index (χ1v) is 7.07. The van der Waals surface area contributed by atoms with Crippen molar-refractivity contribution in [2.24, 2.45) is 0 Å². The number of rotatable bonds is 5. The van der Waals surface area contributed by atoms with Crippen LogP contribution in [0.25, 0.3) is 11.1 Å². The molecule has 1 heterocycles. The van der Waals surface area contributed by atoms with Gasteiger partial charge in [-0.1, -0.05) is 30.3 Å². The van der Waals surface area contributed by atoms with E-state index in [0.29, 0.717) is 12.3 Å². The topological polar surface area (TPSA) is 53.7 Å². The molecule has 1 N–H and O–H groups in total. The van der Waals surface area contributed by atoms with Gasteiger partial charge in [-0.3, -0.25) is 4.79 Å². The Morgan fingerprint density at radius 1 is 1.24 bits per heavy atom. The Bertz CT molecular complexity index is 596. The largest absolute Gasteiger partial charge is 0.459 e. The smallest absolute Gasteiger partial charge is 0.290 e. The number of aliphatic hydroxyl groups is 1. The first-order valence-electron chi connectivity index (χ1n) is 7.07. The SMILES string of the molecule is CCN(CC(C)(C)O)C(=O)c1occc1-c1ccccc1. The van der Waals surface area contributed by atoms with Crippen LogP contribution in [0.2, 0.25) is 0 Å². The second-order valence-corrected chi connectivity index (χ2v) is 5.66. The summed E-state index contributed by atoms with van der Waals surface area (Å²) in [7, 11) is 0. The summed E-state index contributed by atoms with van der Waals surface area (Å²) in [4.78, 5) is 14.2. The van der Waals surface area contributed by atoms with E-state index in [1.807, 2.05) is 37.3 Å². The van der Waals surface area contributed by atoms with Gasteiger partial charge in [0.2, 0.25) is 0 Å². The molecule has 0 aliphatic carbocycles. The second-order valence-electron chi connectivity index (χ2n) is 5.66. The molecule has 0 aliphatic rings. The summed E-state index contributed by atoms with van der Waals surface area (Å²) in [5, 5.41) is 9.93. The fourth-order valence-corrected chi connectivity index (χ4v) is 2.26. The van der Waals surface area contributed by atoms with Gasteiger partial charge in [0.15, 0.2) is 5.76 Å². The minimum Gasteiger partial charge on any atom is -0.459 e. The van der Waals surface area contributed by atoms with Gasteiger partial charge in [-0.15, -0.1) is 0 Å². The predicted molar refractivity (Wildman–Crippen MR) is 82.0 cm³/mol. The Hall–Kier alpha value is -2.07. The first-order chi connectivity index (χ1) is 9.92. The lowest BCUT2D eigenvalue weighted by Crippen LogP contribution is -2.42. The molecule has 0 unspecified atom stereocenters. The van der Waals surface area contributed by atoms with Gasteiger partial charge in [-0.05, 0) is 32.4 Å². The zero-order chi connectivity index (χ0) is 15.5. The summed E-state index contributed by atoms with van der Waals surface area (Å²) in [5.41, 5.74) is 0.772. The van der Waals surface area contributed by atoms with Crippen LogP contribution in [0.5, 0.6) is 0 Å². The van der Waals surface area contributed by atoms with Crippen LogP contribution < -0.4 is 0 Å². The monoisotopic (exact) mass is 287 g/mol. The molecule has 0 spiro atoms. The third-order valence-electron chi connectivity index (χ3n) is 3.19. The van der Waals surface area contributed by atoms with Crippen molar-refractivity contribution in [3.63, 3.8) is 0 Å². The summed E-state index contributed by atoms with van der Waals surface area (Å²) >= 11 is 0. The van der Waals surface area contributed by atoms with Gasteiger partial charge in [0.25, 0.3) is 5.91 Å². The van der Waals surface area contributed by atoms with E-state index in [2.05, 4.69) is 0 Å². The molecule has 0 aliphatic heterocycles. The molecule has 21 heavy (non-hydrogen) atoms. The predicted octanol–water partition coefficient (Wildman–Crippen LogP) is 3.18. The van der Waals surface area contributed by atoms with E-state index >= 15 is 0 Å². The number of benzene rings is 1. The van der Waals surface area contributed by atoms with Crippen LogP contribution in [-0.2, 0) is 0 Å². The molecular weight excluding hydrogens is 266 g/mol. The Labute approximate surface area is 125 Å². The highest BCUT2D eigenvalue weighted by Crippen LogP contribution is 2.26. The van der Waals surface area contributed by atoms with E-state index < -0.39 is 5.60 Å². The van der Waals surface area contributed by atoms with Crippen molar-refractivity contribution in [1.82, 2.24) is 4.90 Å². The molecule has 1 amide bonds. The van der Waals surface area contributed by atoms with Crippen molar-refractivity contribution >= 4 is 5.91 Å². The van der Waals surface area contributed by atoms with Crippen molar-refractivity contribution in [2.75, 3.05) is 13.1 Å². The summed E-state index contributed by atoms with van der Waals surface area (Å²) in [6, 6.07) is 11.4. The number of likely N-dealkylation sites (N-methyl/N-ethyl adjacent to an activating group) is 1. The molecule has 0 atom stereocenters. The van der Waals surface area contributed by atoms with Crippen molar-refractivity contribution in [3.8, 4) is 11.1 Å². The van der Waals surface area contributed by atoms with E-state index in [9.17, 15) is 9.90 Å². The van der Waals surface area contributed by atoms with Crippen LogP contribution in [0.15, 0.2) is 47.1 Å². The Morgan fingerprint density at radius 3 is 2.48 bits per heavy atom. The summed E-state index contributed by atoms with van der Waals surface area (Å²) in [6.45, 7) is 6.02. The Kier molecular flexibility index (Phi) is 4.48. The molecule has 1 aromatic carbocycles. The number of nitrogens with zero attached hydrogens (tertiary/aromatic N) is 1. The van der Waals surface area contributed by atoms with E-state index in [0.717, 1.165) is 11.1 Å². The number of amides is 1. The van der Waals surface area contributed by atoms with Crippen LogP contribution >= 0.6 is 0 Å². The van der Waals surface area contributed by atoms with E-state index in [4.69, 9.17) is 4.42 Å². The Balaban J connectivity index is 2.30. The van der Waals surface area contributed by atoms with Crippen LogP contribution in [0.3, 0.4) is 0 Å². The lowest BCUT2D eigenvalue weighted by molar-refractivity contribution is 0.0299. The maximum absolute atomic E-state index is 12.6. The third kappa shape index (κ3) is 3.73. The molecule has 0 fully saturated rings. The van der Waals surface area contributed by atoms with E-state index in [1.54, 1.807) is 24.8 Å². The molecule has 0 bridgehead atoms. The number of furan rings is 1. The summed E-state index contributed by atoms with van der Waals surface area (Å²) in [5.74, 6) is 0.107. The molecule has 112 valence electrons. The van der Waals surface area contributed by atoms with Gasteiger partial charge in [0.05, 0.1) is 11.9 Å². The highest BCUT2D eigenvalue weighted by Gasteiger charge is 2.26. The maximum atomic E-state index is 12.6. The molecule has 0 radical (unpaired) electrons. The quantitative estimate of drug-likeness (QED) is 0.919. The molecule has 0 saturated carbocycles. The number of carbonyl (C=O) groups is 1. The summed E-state index contributed by atoms with van der Waals surface area (Å²) < 4.78 is 5.41. The van der Waals surface area contributed by atoms with E-state index in [1.165, 1.54) is 6.26 Å². The van der Waals surface area contributed by atoms with Crippen LogP contribution in [0.1, 0.15) is 31.3 Å². The van der Waals surface area contributed by atoms with Gasteiger partial charge in [-0.2, -0.15) is 0 Å². The van der Waals surface area contributed by atoms with Crippen molar-refractivity contribution in [1.29, 1.82) is 0 Å². The van der Waals surface area contributed by atoms with Crippen LogP contribution in [0, 0.1) is 0 Å². The Morgan fingerprint density at radius 2 is 1.90 bits per heavy atom. The van der Waals surface area contributed by atoms with Gasteiger partial charge >= 0.3 is 0 Å². The lowest BCUT2D eigenvalue weighted by atomic mass is 10.1. The van der Waals surface area contributed by atoms with Crippen molar-refractivity contribution < 1.29 is 14.3 Å². The average molecular weight is 287 g/mol. The number of hydrogen-bond acceptors (Lipinski definition) is 3. The van der Waals surface area contributed by atoms with Gasteiger partial charge in [-0.25, -0.2) is 0 Å².